The van der Waals surface area contributed by atoms with Gasteiger partial charge in [0.25, 0.3) is 5.89 Å². The molecule has 138 valence electrons. The van der Waals surface area contributed by atoms with Crippen LogP contribution >= 0.6 is 11.3 Å². The molecule has 0 spiro atoms. The standard InChI is InChI=1S/C17H15N5O3S2/c1-11-5-3-6-12(9-11)16-18-14(21-25-16)10-27(23,24)17-20-19-15(22(17)2)13-7-4-8-26-13/h3-9H,10H2,1-2H3. The number of rotatable bonds is 5. The van der Waals surface area contributed by atoms with Crippen molar-refractivity contribution in [2.45, 2.75) is 17.8 Å². The molecule has 0 unspecified atom stereocenters. The summed E-state index contributed by atoms with van der Waals surface area (Å²) in [6.07, 6.45) is 0. The highest BCUT2D eigenvalue weighted by molar-refractivity contribution is 7.90. The Morgan fingerprint density at radius 2 is 2.04 bits per heavy atom. The van der Waals surface area contributed by atoms with Crippen molar-refractivity contribution >= 4 is 21.2 Å². The smallest absolute Gasteiger partial charge is 0.257 e. The third kappa shape index (κ3) is 3.40. The van der Waals surface area contributed by atoms with E-state index in [1.165, 1.54) is 15.9 Å². The van der Waals surface area contributed by atoms with Gasteiger partial charge in [-0.15, -0.1) is 21.5 Å². The second-order valence-electron chi connectivity index (χ2n) is 5.99. The van der Waals surface area contributed by atoms with Gasteiger partial charge in [-0.3, -0.25) is 0 Å². The number of sulfone groups is 1. The Morgan fingerprint density at radius 3 is 2.78 bits per heavy atom. The molecule has 0 aliphatic heterocycles. The molecule has 1 aromatic carbocycles. The van der Waals surface area contributed by atoms with Gasteiger partial charge in [-0.2, -0.15) is 4.98 Å². The zero-order valence-electron chi connectivity index (χ0n) is 14.5. The summed E-state index contributed by atoms with van der Waals surface area (Å²) in [7, 11) is -2.16. The highest BCUT2D eigenvalue weighted by Gasteiger charge is 2.26. The van der Waals surface area contributed by atoms with E-state index in [1.807, 2.05) is 48.7 Å². The van der Waals surface area contributed by atoms with Gasteiger partial charge in [0.2, 0.25) is 15.0 Å². The lowest BCUT2D eigenvalue weighted by Crippen LogP contribution is -2.12. The van der Waals surface area contributed by atoms with Crippen LogP contribution in [0.15, 0.2) is 51.5 Å². The quantitative estimate of drug-likeness (QED) is 0.506. The molecule has 10 heteroatoms. The average molecular weight is 401 g/mol. The third-order valence-electron chi connectivity index (χ3n) is 3.91. The minimum absolute atomic E-state index is 0.0761. The van der Waals surface area contributed by atoms with Gasteiger partial charge in [0.15, 0.2) is 11.6 Å². The maximum atomic E-state index is 12.8. The molecular formula is C17H15N5O3S2. The second-order valence-corrected chi connectivity index (χ2v) is 8.82. The van der Waals surface area contributed by atoms with E-state index in [4.69, 9.17) is 4.52 Å². The molecule has 4 aromatic rings. The Hall–Kier alpha value is -2.85. The maximum absolute atomic E-state index is 12.8. The van der Waals surface area contributed by atoms with Gasteiger partial charge in [-0.1, -0.05) is 28.9 Å². The molecule has 4 rings (SSSR count). The van der Waals surface area contributed by atoms with Gasteiger partial charge in [-0.05, 0) is 30.5 Å². The Morgan fingerprint density at radius 1 is 1.19 bits per heavy atom. The topological polar surface area (TPSA) is 104 Å². The van der Waals surface area contributed by atoms with Crippen LogP contribution < -0.4 is 0 Å². The molecule has 3 aromatic heterocycles. The molecule has 0 N–H and O–H groups in total. The number of nitrogens with zero attached hydrogens (tertiary/aromatic N) is 5. The SMILES string of the molecule is Cc1cccc(-c2nc(CS(=O)(=O)c3nnc(-c4cccs4)n3C)no2)c1. The van der Waals surface area contributed by atoms with Crippen LogP contribution in [0.3, 0.4) is 0 Å². The summed E-state index contributed by atoms with van der Waals surface area (Å²) in [4.78, 5) is 5.05. The van der Waals surface area contributed by atoms with Crippen molar-refractivity contribution in [1.82, 2.24) is 24.9 Å². The Labute approximate surface area is 159 Å². The fourth-order valence-corrected chi connectivity index (χ4v) is 4.65. The van der Waals surface area contributed by atoms with Gasteiger partial charge in [-0.25, -0.2) is 8.42 Å². The predicted octanol–water partition coefficient (Wildman–Crippen LogP) is 2.88. The summed E-state index contributed by atoms with van der Waals surface area (Å²) < 4.78 is 32.2. The molecule has 0 fully saturated rings. The largest absolute Gasteiger partial charge is 0.334 e. The number of aryl methyl sites for hydroxylation is 1. The van der Waals surface area contributed by atoms with Crippen molar-refractivity contribution in [3.05, 3.63) is 53.2 Å². The second kappa shape index (κ2) is 6.71. The van der Waals surface area contributed by atoms with Crippen molar-refractivity contribution in [1.29, 1.82) is 0 Å². The molecule has 8 nitrogen and oxygen atoms in total. The van der Waals surface area contributed by atoms with E-state index in [-0.39, 0.29) is 16.9 Å². The minimum Gasteiger partial charge on any atom is -0.334 e. The summed E-state index contributed by atoms with van der Waals surface area (Å²) in [5.74, 6) is 0.434. The molecule has 0 saturated carbocycles. The average Bonchev–Trinajstić information content (AvgIpc) is 3.35. The summed E-state index contributed by atoms with van der Waals surface area (Å²) in [6, 6.07) is 11.3. The Kier molecular flexibility index (Phi) is 4.36. The van der Waals surface area contributed by atoms with E-state index in [9.17, 15) is 8.42 Å². The molecule has 0 amide bonds. The molecule has 27 heavy (non-hydrogen) atoms. The van der Waals surface area contributed by atoms with Crippen LogP contribution in [0.2, 0.25) is 0 Å². The molecule has 0 aliphatic rings. The van der Waals surface area contributed by atoms with Crippen LogP contribution in [-0.2, 0) is 22.6 Å². The van der Waals surface area contributed by atoms with Gasteiger partial charge in [0.1, 0.15) is 5.75 Å². The normalized spacial score (nSPS) is 11.8. The molecule has 0 bridgehead atoms. The molecule has 0 saturated heterocycles. The minimum atomic E-state index is -3.78. The highest BCUT2D eigenvalue weighted by atomic mass is 32.2. The monoisotopic (exact) mass is 401 g/mol. The van der Waals surface area contributed by atoms with Crippen LogP contribution in [-0.4, -0.2) is 33.3 Å². The lowest BCUT2D eigenvalue weighted by molar-refractivity contribution is 0.424. The van der Waals surface area contributed by atoms with Crippen LogP contribution in [0.25, 0.3) is 22.2 Å². The fourth-order valence-electron chi connectivity index (χ4n) is 2.65. The first-order chi connectivity index (χ1) is 12.9. The number of benzene rings is 1. The maximum Gasteiger partial charge on any atom is 0.257 e. The molecule has 0 aliphatic carbocycles. The van der Waals surface area contributed by atoms with Gasteiger partial charge in [0, 0.05) is 12.6 Å². The predicted molar refractivity (Wildman–Crippen MR) is 99.7 cm³/mol. The number of hydrogen-bond acceptors (Lipinski definition) is 8. The molecular weight excluding hydrogens is 386 g/mol. The van der Waals surface area contributed by atoms with Crippen molar-refractivity contribution in [3.63, 3.8) is 0 Å². The van der Waals surface area contributed by atoms with E-state index >= 15 is 0 Å². The summed E-state index contributed by atoms with van der Waals surface area (Å²) >= 11 is 1.46. The first kappa shape index (κ1) is 17.6. The summed E-state index contributed by atoms with van der Waals surface area (Å²) in [5.41, 5.74) is 1.78. The Bertz CT molecular complexity index is 1190. The van der Waals surface area contributed by atoms with E-state index in [2.05, 4.69) is 20.3 Å². The number of hydrogen-bond donors (Lipinski definition) is 0. The van der Waals surface area contributed by atoms with Gasteiger partial charge in [0.05, 0.1) is 4.88 Å². The van der Waals surface area contributed by atoms with E-state index in [0.29, 0.717) is 5.82 Å². The van der Waals surface area contributed by atoms with Crippen LogP contribution in [0.4, 0.5) is 0 Å². The zero-order chi connectivity index (χ0) is 19.0. The third-order valence-corrected chi connectivity index (χ3v) is 6.32. The van der Waals surface area contributed by atoms with E-state index in [1.54, 1.807) is 7.05 Å². The Balaban J connectivity index is 1.61. The molecule has 3 heterocycles. The lowest BCUT2D eigenvalue weighted by Gasteiger charge is -2.02. The van der Waals surface area contributed by atoms with Crippen molar-refractivity contribution < 1.29 is 12.9 Å². The van der Waals surface area contributed by atoms with Crippen molar-refractivity contribution in [2.75, 3.05) is 0 Å². The highest BCUT2D eigenvalue weighted by Crippen LogP contribution is 2.25. The number of aromatic nitrogens is 5. The van der Waals surface area contributed by atoms with E-state index in [0.717, 1.165) is 16.0 Å². The number of thiophene rings is 1. The van der Waals surface area contributed by atoms with Crippen LogP contribution in [0, 0.1) is 6.92 Å². The fraction of sp³-hybridized carbons (Fsp3) is 0.176. The first-order valence-corrected chi connectivity index (χ1v) is 10.5. The van der Waals surface area contributed by atoms with Crippen LogP contribution in [0.1, 0.15) is 11.4 Å². The van der Waals surface area contributed by atoms with Crippen molar-refractivity contribution in [3.8, 4) is 22.2 Å². The zero-order valence-corrected chi connectivity index (χ0v) is 16.2. The molecule has 0 atom stereocenters. The van der Waals surface area contributed by atoms with Gasteiger partial charge >= 0.3 is 0 Å². The molecule has 0 radical (unpaired) electrons. The first-order valence-electron chi connectivity index (χ1n) is 8.00. The van der Waals surface area contributed by atoms with E-state index < -0.39 is 15.6 Å². The lowest BCUT2D eigenvalue weighted by atomic mass is 10.1. The summed E-state index contributed by atoms with van der Waals surface area (Å²) in [5, 5.41) is 13.4. The summed E-state index contributed by atoms with van der Waals surface area (Å²) in [6.45, 7) is 1.95. The van der Waals surface area contributed by atoms with Crippen molar-refractivity contribution in [2.24, 2.45) is 7.05 Å². The van der Waals surface area contributed by atoms with Crippen LogP contribution in [0.5, 0.6) is 0 Å². The van der Waals surface area contributed by atoms with Gasteiger partial charge < -0.3 is 9.09 Å².